The van der Waals surface area contributed by atoms with Crippen LogP contribution in [0.5, 0.6) is 0 Å². The molecular formula is C16H19N5O3. The maximum atomic E-state index is 12.6. The molecule has 3 heterocycles. The number of hydrogen-bond donors (Lipinski definition) is 1. The highest BCUT2D eigenvalue weighted by Gasteiger charge is 2.25. The first kappa shape index (κ1) is 16.0. The molecule has 2 aromatic rings. The molecule has 24 heavy (non-hydrogen) atoms. The molecule has 0 aromatic carbocycles. The van der Waals surface area contributed by atoms with Crippen LogP contribution < -0.4 is 4.90 Å². The molecule has 8 heteroatoms. The first-order chi connectivity index (χ1) is 11.5. The number of aromatic nitrogens is 3. The maximum Gasteiger partial charge on any atom is 0.354 e. The van der Waals surface area contributed by atoms with Crippen molar-refractivity contribution in [3.8, 4) is 0 Å². The number of fused-ring (bicyclic) bond motifs is 1. The molecule has 126 valence electrons. The van der Waals surface area contributed by atoms with Crippen LogP contribution in [0.4, 0.5) is 5.82 Å². The van der Waals surface area contributed by atoms with Crippen LogP contribution >= 0.6 is 0 Å². The van der Waals surface area contributed by atoms with Crippen LogP contribution in [0.2, 0.25) is 0 Å². The van der Waals surface area contributed by atoms with Gasteiger partial charge in [-0.2, -0.15) is 5.10 Å². The zero-order valence-electron chi connectivity index (χ0n) is 13.9. The predicted molar refractivity (Wildman–Crippen MR) is 86.9 cm³/mol. The Kier molecular flexibility index (Phi) is 4.20. The molecule has 1 amide bonds. The van der Waals surface area contributed by atoms with Crippen LogP contribution in [0.3, 0.4) is 0 Å². The van der Waals surface area contributed by atoms with Gasteiger partial charge < -0.3 is 19.5 Å². The molecule has 3 rings (SSSR count). The second-order valence-corrected chi connectivity index (χ2v) is 5.82. The van der Waals surface area contributed by atoms with Crippen molar-refractivity contribution in [1.29, 1.82) is 0 Å². The maximum absolute atomic E-state index is 12.6. The highest BCUT2D eigenvalue weighted by Crippen LogP contribution is 2.21. The Morgan fingerprint density at radius 3 is 2.71 bits per heavy atom. The summed E-state index contributed by atoms with van der Waals surface area (Å²) in [6, 6.07) is 5.10. The van der Waals surface area contributed by atoms with E-state index in [9.17, 15) is 9.59 Å². The Labute approximate surface area is 139 Å². The molecule has 0 unspecified atom stereocenters. The van der Waals surface area contributed by atoms with Crippen molar-refractivity contribution in [2.24, 2.45) is 0 Å². The third-order valence-corrected chi connectivity index (χ3v) is 3.99. The van der Waals surface area contributed by atoms with E-state index in [1.165, 1.54) is 7.11 Å². The number of nitrogens with zero attached hydrogens (tertiary/aromatic N) is 4. The molecule has 0 saturated carbocycles. The van der Waals surface area contributed by atoms with E-state index in [2.05, 4.69) is 19.9 Å². The molecule has 2 aromatic heterocycles. The number of methoxy groups -OCH3 is 1. The van der Waals surface area contributed by atoms with Crippen LogP contribution in [0, 0.1) is 0 Å². The first-order valence-electron chi connectivity index (χ1n) is 7.59. The quantitative estimate of drug-likeness (QED) is 0.840. The molecule has 0 radical (unpaired) electrons. The largest absolute Gasteiger partial charge is 0.464 e. The second kappa shape index (κ2) is 6.31. The van der Waals surface area contributed by atoms with Crippen LogP contribution in [0.25, 0.3) is 0 Å². The van der Waals surface area contributed by atoms with Gasteiger partial charge in [0.15, 0.2) is 5.82 Å². The fraction of sp³-hybridized carbons (Fsp3) is 0.375. The van der Waals surface area contributed by atoms with Crippen LogP contribution in [0.1, 0.15) is 32.2 Å². The molecule has 1 aliphatic heterocycles. The monoisotopic (exact) mass is 329 g/mol. The number of amides is 1. The Bertz CT molecular complexity index is 784. The number of carbonyl (C=O) groups excluding carboxylic acids is 2. The highest BCUT2D eigenvalue weighted by atomic mass is 16.5. The average Bonchev–Trinajstić information content (AvgIpc) is 3.09. The third kappa shape index (κ3) is 2.94. The van der Waals surface area contributed by atoms with Gasteiger partial charge in [0.05, 0.1) is 12.8 Å². The van der Waals surface area contributed by atoms with Gasteiger partial charge in [-0.05, 0) is 23.8 Å². The fourth-order valence-electron chi connectivity index (χ4n) is 2.63. The van der Waals surface area contributed by atoms with Crippen LogP contribution in [-0.4, -0.2) is 59.7 Å². The molecule has 0 saturated heterocycles. The number of nitrogens with one attached hydrogen (secondary N) is 1. The Morgan fingerprint density at radius 2 is 2.00 bits per heavy atom. The molecule has 8 nitrogen and oxygen atoms in total. The third-order valence-electron chi connectivity index (χ3n) is 3.99. The van der Waals surface area contributed by atoms with E-state index < -0.39 is 5.97 Å². The van der Waals surface area contributed by atoms with Crippen LogP contribution in [0.15, 0.2) is 18.2 Å². The number of anilines is 1. The first-order valence-corrected chi connectivity index (χ1v) is 7.59. The van der Waals surface area contributed by atoms with Gasteiger partial charge in [-0.1, -0.05) is 0 Å². The Hall–Kier alpha value is -2.90. The normalized spacial score (nSPS) is 13.4. The van der Waals surface area contributed by atoms with Gasteiger partial charge in [-0.25, -0.2) is 4.79 Å². The second-order valence-electron chi connectivity index (χ2n) is 5.82. The van der Waals surface area contributed by atoms with E-state index in [1.807, 2.05) is 25.1 Å². The number of ether oxygens (including phenoxy) is 1. The van der Waals surface area contributed by atoms with Crippen molar-refractivity contribution in [2.45, 2.75) is 13.0 Å². The molecule has 0 fully saturated rings. The van der Waals surface area contributed by atoms with E-state index in [0.29, 0.717) is 25.2 Å². The standard InChI is InChI=1S/C16H19N5O3/c1-20(2)14-8-10-9-21(7-6-11(10)18-19-14)15(22)12-4-5-13(17-12)16(23)24-3/h4-5,8,17H,6-7,9H2,1-3H3. The summed E-state index contributed by atoms with van der Waals surface area (Å²) in [7, 11) is 5.10. The lowest BCUT2D eigenvalue weighted by Crippen LogP contribution is -2.37. The minimum Gasteiger partial charge on any atom is -0.464 e. The SMILES string of the molecule is COC(=O)c1ccc(C(=O)N2CCc3nnc(N(C)C)cc3C2)[nH]1. The van der Waals surface area contributed by atoms with Crippen molar-refractivity contribution < 1.29 is 14.3 Å². The fourth-order valence-corrected chi connectivity index (χ4v) is 2.63. The summed E-state index contributed by atoms with van der Waals surface area (Å²) >= 11 is 0. The minimum atomic E-state index is -0.496. The van der Waals surface area contributed by atoms with E-state index in [0.717, 1.165) is 17.1 Å². The van der Waals surface area contributed by atoms with E-state index in [-0.39, 0.29) is 11.6 Å². The number of H-pyrrole nitrogens is 1. The summed E-state index contributed by atoms with van der Waals surface area (Å²) in [5, 5.41) is 8.41. The molecule has 1 aliphatic rings. The zero-order chi connectivity index (χ0) is 17.3. The highest BCUT2D eigenvalue weighted by molar-refractivity contribution is 5.95. The molecule has 0 aliphatic carbocycles. The van der Waals surface area contributed by atoms with Gasteiger partial charge in [0, 0.05) is 33.6 Å². The van der Waals surface area contributed by atoms with Gasteiger partial charge in [0.1, 0.15) is 11.4 Å². The molecular weight excluding hydrogens is 310 g/mol. The Morgan fingerprint density at radius 1 is 1.25 bits per heavy atom. The van der Waals surface area contributed by atoms with Crippen molar-refractivity contribution in [1.82, 2.24) is 20.1 Å². The lowest BCUT2D eigenvalue weighted by atomic mass is 10.1. The number of aromatic amines is 1. The Balaban J connectivity index is 1.79. The van der Waals surface area contributed by atoms with E-state index >= 15 is 0 Å². The van der Waals surface area contributed by atoms with E-state index in [1.54, 1.807) is 17.0 Å². The number of esters is 1. The summed E-state index contributed by atoms with van der Waals surface area (Å²) in [6.07, 6.45) is 0.659. The molecule has 0 bridgehead atoms. The lowest BCUT2D eigenvalue weighted by molar-refractivity contribution is 0.0594. The van der Waals surface area contributed by atoms with Gasteiger partial charge in [-0.3, -0.25) is 4.79 Å². The summed E-state index contributed by atoms with van der Waals surface area (Å²) in [6.45, 7) is 1.03. The minimum absolute atomic E-state index is 0.154. The number of rotatable bonds is 3. The number of carbonyl (C=O) groups is 2. The zero-order valence-corrected chi connectivity index (χ0v) is 13.9. The predicted octanol–water partition coefficient (Wildman–Crippen LogP) is 0.856. The lowest BCUT2D eigenvalue weighted by Gasteiger charge is -2.28. The van der Waals surface area contributed by atoms with Gasteiger partial charge >= 0.3 is 5.97 Å². The topological polar surface area (TPSA) is 91.4 Å². The summed E-state index contributed by atoms with van der Waals surface area (Å²) in [5.74, 6) is 0.110. The summed E-state index contributed by atoms with van der Waals surface area (Å²) < 4.78 is 4.64. The van der Waals surface area contributed by atoms with Crippen molar-refractivity contribution in [3.63, 3.8) is 0 Å². The van der Waals surface area contributed by atoms with Gasteiger partial charge in [0.25, 0.3) is 5.91 Å². The number of hydrogen-bond acceptors (Lipinski definition) is 6. The van der Waals surface area contributed by atoms with Crippen molar-refractivity contribution in [2.75, 3.05) is 32.6 Å². The van der Waals surface area contributed by atoms with Gasteiger partial charge in [-0.15, -0.1) is 5.10 Å². The molecule has 0 spiro atoms. The average molecular weight is 329 g/mol. The molecule has 1 N–H and O–H groups in total. The van der Waals surface area contributed by atoms with Crippen molar-refractivity contribution in [3.05, 3.63) is 40.8 Å². The summed E-state index contributed by atoms with van der Waals surface area (Å²) in [5.41, 5.74) is 2.55. The molecule has 0 atom stereocenters. The van der Waals surface area contributed by atoms with Crippen LogP contribution in [-0.2, 0) is 17.7 Å². The summed E-state index contributed by atoms with van der Waals surface area (Å²) in [4.78, 5) is 30.6. The van der Waals surface area contributed by atoms with E-state index in [4.69, 9.17) is 0 Å². The van der Waals surface area contributed by atoms with Gasteiger partial charge in [0.2, 0.25) is 0 Å². The van der Waals surface area contributed by atoms with Crippen molar-refractivity contribution >= 4 is 17.7 Å². The smallest absolute Gasteiger partial charge is 0.354 e.